The van der Waals surface area contributed by atoms with Gasteiger partial charge >= 0.3 is 0 Å². The van der Waals surface area contributed by atoms with Crippen molar-refractivity contribution >= 4 is 0 Å². The zero-order valence-corrected chi connectivity index (χ0v) is 13.3. The molecule has 0 radical (unpaired) electrons. The monoisotopic (exact) mass is 262 g/mol. The molecule has 2 nitrogen and oxygen atoms in total. The van der Waals surface area contributed by atoms with E-state index in [2.05, 4.69) is 56.5 Å². The lowest BCUT2D eigenvalue weighted by Gasteiger charge is -2.28. The van der Waals surface area contributed by atoms with Gasteiger partial charge in [-0.15, -0.1) is 0 Å². The third-order valence-corrected chi connectivity index (χ3v) is 3.72. The molecule has 108 valence electrons. The van der Waals surface area contributed by atoms with Crippen LogP contribution < -0.4 is 10.6 Å². The van der Waals surface area contributed by atoms with Crippen molar-refractivity contribution in [1.82, 2.24) is 10.6 Å². The van der Waals surface area contributed by atoms with Crippen LogP contribution in [0.15, 0.2) is 18.2 Å². The molecule has 1 aromatic rings. The summed E-state index contributed by atoms with van der Waals surface area (Å²) in [5.41, 5.74) is 4.41. The quantitative estimate of drug-likeness (QED) is 0.703. The maximum absolute atomic E-state index is 3.60. The normalized spacial score (nSPS) is 11.8. The van der Waals surface area contributed by atoms with E-state index in [0.29, 0.717) is 0 Å². The molecule has 0 saturated carbocycles. The zero-order chi connectivity index (χ0) is 14.3. The Morgan fingerprint density at radius 1 is 1.05 bits per heavy atom. The maximum Gasteiger partial charge on any atom is 0.00432 e. The molecule has 2 N–H and O–H groups in total. The predicted molar refractivity (Wildman–Crippen MR) is 85.0 cm³/mol. The molecule has 0 amide bonds. The molecule has 0 fully saturated rings. The lowest BCUT2D eigenvalue weighted by atomic mass is 9.81. The number of hydrogen-bond acceptors (Lipinski definition) is 2. The van der Waals surface area contributed by atoms with Gasteiger partial charge in [0.25, 0.3) is 0 Å². The van der Waals surface area contributed by atoms with Crippen molar-refractivity contribution in [2.24, 2.45) is 0 Å². The topological polar surface area (TPSA) is 24.1 Å². The lowest BCUT2D eigenvalue weighted by molar-refractivity contribution is 0.460. The molecule has 0 heterocycles. The molecule has 0 saturated heterocycles. The number of nitrogens with one attached hydrogen (secondary N) is 2. The Morgan fingerprint density at radius 2 is 1.74 bits per heavy atom. The van der Waals surface area contributed by atoms with E-state index in [0.717, 1.165) is 19.6 Å². The van der Waals surface area contributed by atoms with Gasteiger partial charge in [0.15, 0.2) is 0 Å². The number of benzene rings is 1. The molecule has 0 spiro atoms. The highest BCUT2D eigenvalue weighted by Gasteiger charge is 2.21. The van der Waals surface area contributed by atoms with E-state index in [1.54, 1.807) is 0 Å². The summed E-state index contributed by atoms with van der Waals surface area (Å²) >= 11 is 0. The van der Waals surface area contributed by atoms with Crippen LogP contribution in [0.2, 0.25) is 0 Å². The van der Waals surface area contributed by atoms with Crippen LogP contribution in [0.1, 0.15) is 43.4 Å². The first kappa shape index (κ1) is 16.2. The Kier molecular flexibility index (Phi) is 6.53. The molecule has 0 aromatic heterocycles. The van der Waals surface area contributed by atoms with Gasteiger partial charge in [0.2, 0.25) is 0 Å². The van der Waals surface area contributed by atoms with Gasteiger partial charge in [-0.2, -0.15) is 0 Å². The molecule has 0 aliphatic heterocycles. The highest BCUT2D eigenvalue weighted by Crippen LogP contribution is 2.26. The van der Waals surface area contributed by atoms with Gasteiger partial charge in [0.1, 0.15) is 0 Å². The molecule has 0 aliphatic carbocycles. The summed E-state index contributed by atoms with van der Waals surface area (Å²) in [7, 11) is 2.01. The van der Waals surface area contributed by atoms with Crippen LogP contribution in [-0.2, 0) is 5.41 Å². The average Bonchev–Trinajstić information content (AvgIpc) is 2.36. The van der Waals surface area contributed by atoms with Crippen LogP contribution in [0.3, 0.4) is 0 Å². The second-order valence-corrected chi connectivity index (χ2v) is 6.19. The molecule has 1 aromatic carbocycles. The number of unbranched alkanes of at least 4 members (excludes halogenated alkanes) is 1. The molecule has 19 heavy (non-hydrogen) atoms. The Hall–Kier alpha value is -0.860. The summed E-state index contributed by atoms with van der Waals surface area (Å²) in [5.74, 6) is 0. The van der Waals surface area contributed by atoms with Gasteiger partial charge in [-0.05, 0) is 58.0 Å². The highest BCUT2D eigenvalue weighted by molar-refractivity contribution is 5.36. The van der Waals surface area contributed by atoms with Crippen molar-refractivity contribution in [3.63, 3.8) is 0 Å². The standard InChI is InChI=1S/C17H30N2/c1-14-8-9-15(2)16(12-14)17(3,4)13-19-11-7-6-10-18-5/h8-9,12,18-19H,6-7,10-11,13H2,1-5H3. The summed E-state index contributed by atoms with van der Waals surface area (Å²) in [6.45, 7) is 12.3. The lowest BCUT2D eigenvalue weighted by Crippen LogP contribution is -2.34. The summed E-state index contributed by atoms with van der Waals surface area (Å²) in [6, 6.07) is 6.76. The highest BCUT2D eigenvalue weighted by atomic mass is 14.9. The van der Waals surface area contributed by atoms with Crippen molar-refractivity contribution in [3.05, 3.63) is 34.9 Å². The SMILES string of the molecule is CNCCCCNCC(C)(C)c1cc(C)ccc1C. The maximum atomic E-state index is 3.60. The van der Waals surface area contributed by atoms with Crippen molar-refractivity contribution in [2.75, 3.05) is 26.7 Å². The van der Waals surface area contributed by atoms with Crippen LogP contribution in [0, 0.1) is 13.8 Å². The summed E-state index contributed by atoms with van der Waals surface area (Å²) in [4.78, 5) is 0. The Morgan fingerprint density at radius 3 is 2.42 bits per heavy atom. The molecule has 0 aliphatic rings. The minimum Gasteiger partial charge on any atom is -0.320 e. The van der Waals surface area contributed by atoms with Crippen LogP contribution >= 0.6 is 0 Å². The van der Waals surface area contributed by atoms with Gasteiger partial charge in [0.05, 0.1) is 0 Å². The first-order chi connectivity index (χ1) is 8.97. The fourth-order valence-corrected chi connectivity index (χ4v) is 2.51. The van der Waals surface area contributed by atoms with Gasteiger partial charge < -0.3 is 10.6 Å². The van der Waals surface area contributed by atoms with E-state index in [1.165, 1.54) is 29.5 Å². The molecule has 2 heteroatoms. The van der Waals surface area contributed by atoms with E-state index in [1.807, 2.05) is 7.05 Å². The van der Waals surface area contributed by atoms with Gasteiger partial charge in [-0.25, -0.2) is 0 Å². The third-order valence-electron chi connectivity index (χ3n) is 3.72. The second kappa shape index (κ2) is 7.66. The smallest absolute Gasteiger partial charge is 0.00432 e. The number of aryl methyl sites for hydroxylation is 2. The first-order valence-corrected chi connectivity index (χ1v) is 7.40. The first-order valence-electron chi connectivity index (χ1n) is 7.40. The van der Waals surface area contributed by atoms with Crippen LogP contribution in [0.4, 0.5) is 0 Å². The Balaban J connectivity index is 2.48. The van der Waals surface area contributed by atoms with Crippen LogP contribution in [-0.4, -0.2) is 26.7 Å². The van der Waals surface area contributed by atoms with Crippen molar-refractivity contribution in [3.8, 4) is 0 Å². The van der Waals surface area contributed by atoms with Crippen molar-refractivity contribution in [1.29, 1.82) is 0 Å². The summed E-state index contributed by atoms with van der Waals surface area (Å²) in [5, 5.41) is 6.79. The largest absolute Gasteiger partial charge is 0.320 e. The van der Waals surface area contributed by atoms with E-state index in [4.69, 9.17) is 0 Å². The van der Waals surface area contributed by atoms with Gasteiger partial charge in [0, 0.05) is 12.0 Å². The number of hydrogen-bond donors (Lipinski definition) is 2. The van der Waals surface area contributed by atoms with Crippen molar-refractivity contribution in [2.45, 2.75) is 46.0 Å². The molecular weight excluding hydrogens is 232 g/mol. The van der Waals surface area contributed by atoms with Crippen LogP contribution in [0.25, 0.3) is 0 Å². The molecule has 0 unspecified atom stereocenters. The fraction of sp³-hybridized carbons (Fsp3) is 0.647. The van der Waals surface area contributed by atoms with E-state index in [-0.39, 0.29) is 5.41 Å². The number of rotatable bonds is 8. The molecule has 0 bridgehead atoms. The third kappa shape index (κ3) is 5.33. The summed E-state index contributed by atoms with van der Waals surface area (Å²) in [6.07, 6.45) is 2.48. The Labute approximate surface area is 119 Å². The van der Waals surface area contributed by atoms with Gasteiger partial charge in [-0.1, -0.05) is 37.6 Å². The minimum absolute atomic E-state index is 0.194. The Bertz CT molecular complexity index is 383. The van der Waals surface area contributed by atoms with Gasteiger partial charge in [-0.3, -0.25) is 0 Å². The minimum atomic E-state index is 0.194. The van der Waals surface area contributed by atoms with Crippen molar-refractivity contribution < 1.29 is 0 Å². The zero-order valence-electron chi connectivity index (χ0n) is 13.3. The van der Waals surface area contributed by atoms with E-state index >= 15 is 0 Å². The molecule has 1 rings (SSSR count). The van der Waals surface area contributed by atoms with Crippen LogP contribution in [0.5, 0.6) is 0 Å². The van der Waals surface area contributed by atoms with E-state index in [9.17, 15) is 0 Å². The second-order valence-electron chi connectivity index (χ2n) is 6.19. The predicted octanol–water partition coefficient (Wildman–Crippen LogP) is 3.17. The average molecular weight is 262 g/mol. The molecule has 0 atom stereocenters. The molecular formula is C17H30N2. The fourth-order valence-electron chi connectivity index (χ4n) is 2.51. The summed E-state index contributed by atoms with van der Waals surface area (Å²) < 4.78 is 0. The van der Waals surface area contributed by atoms with E-state index < -0.39 is 0 Å².